The number of benzene rings is 2. The lowest BCUT2D eigenvalue weighted by Crippen LogP contribution is -2.49. The van der Waals surface area contributed by atoms with E-state index in [1.807, 2.05) is 42.5 Å². The first-order valence-corrected chi connectivity index (χ1v) is 8.82. The molecular formula is C19H24N4O3. The van der Waals surface area contributed by atoms with Crippen molar-refractivity contribution in [2.24, 2.45) is 0 Å². The van der Waals surface area contributed by atoms with Crippen LogP contribution in [0.1, 0.15) is 6.92 Å². The van der Waals surface area contributed by atoms with E-state index in [0.29, 0.717) is 24.9 Å². The summed E-state index contributed by atoms with van der Waals surface area (Å²) in [6.07, 6.45) is 0. The van der Waals surface area contributed by atoms with Gasteiger partial charge in [-0.25, -0.2) is 0 Å². The van der Waals surface area contributed by atoms with E-state index in [2.05, 4.69) is 22.5 Å². The van der Waals surface area contributed by atoms with Crippen molar-refractivity contribution in [3.05, 3.63) is 58.6 Å². The smallest absolute Gasteiger partial charge is 0.292 e. The van der Waals surface area contributed by atoms with Crippen LogP contribution in [0.4, 0.5) is 17.1 Å². The van der Waals surface area contributed by atoms with Gasteiger partial charge in [-0.2, -0.15) is 0 Å². The van der Waals surface area contributed by atoms with Gasteiger partial charge < -0.3 is 20.3 Å². The van der Waals surface area contributed by atoms with Gasteiger partial charge in [0.1, 0.15) is 18.0 Å². The number of nitro benzene ring substituents is 1. The number of nitro groups is 1. The quantitative estimate of drug-likeness (QED) is 0.451. The van der Waals surface area contributed by atoms with Crippen LogP contribution in [-0.2, 0) is 0 Å². The molecule has 7 nitrogen and oxygen atoms in total. The number of rotatable bonds is 7. The molecule has 3 rings (SSSR count). The third kappa shape index (κ3) is 4.64. The van der Waals surface area contributed by atoms with E-state index in [9.17, 15) is 10.1 Å². The molecule has 0 bridgehead atoms. The molecule has 0 aromatic heterocycles. The normalized spacial score (nSPS) is 17.0. The van der Waals surface area contributed by atoms with Crippen molar-refractivity contribution in [1.29, 1.82) is 0 Å². The van der Waals surface area contributed by atoms with Crippen LogP contribution in [0.15, 0.2) is 48.5 Å². The van der Waals surface area contributed by atoms with Gasteiger partial charge in [0.05, 0.1) is 4.92 Å². The molecule has 7 heteroatoms. The SMILES string of the molecule is C[C@@H]1CN(c2ccc([N+](=O)[O-])c(NCCOc3ccccc3)c2)CCN1. The van der Waals surface area contributed by atoms with Gasteiger partial charge in [-0.15, -0.1) is 0 Å². The predicted molar refractivity (Wildman–Crippen MR) is 103 cm³/mol. The molecule has 1 saturated heterocycles. The summed E-state index contributed by atoms with van der Waals surface area (Å²) in [4.78, 5) is 13.2. The third-order valence-electron chi connectivity index (χ3n) is 4.34. The standard InChI is InChI=1S/C19H24N4O3/c1-15-14-22(11-9-20-15)16-7-8-19(23(24)25)18(13-16)21-10-12-26-17-5-3-2-4-6-17/h2-8,13,15,20-21H,9-12,14H2,1H3/t15-/m1/s1. The van der Waals surface area contributed by atoms with Crippen LogP contribution >= 0.6 is 0 Å². The van der Waals surface area contributed by atoms with Gasteiger partial charge in [-0.1, -0.05) is 18.2 Å². The Labute approximate surface area is 153 Å². The number of para-hydroxylation sites is 1. The molecule has 2 aromatic rings. The van der Waals surface area contributed by atoms with Gasteiger partial charge in [0.25, 0.3) is 5.69 Å². The molecule has 1 aliphatic rings. The summed E-state index contributed by atoms with van der Waals surface area (Å²) in [7, 11) is 0. The molecule has 0 amide bonds. The molecule has 1 heterocycles. The van der Waals surface area contributed by atoms with E-state index in [1.54, 1.807) is 6.07 Å². The van der Waals surface area contributed by atoms with Crippen molar-refractivity contribution in [3.8, 4) is 5.75 Å². The zero-order valence-electron chi connectivity index (χ0n) is 14.9. The van der Waals surface area contributed by atoms with Gasteiger partial charge in [0.15, 0.2) is 0 Å². The van der Waals surface area contributed by atoms with Crippen LogP contribution in [0.25, 0.3) is 0 Å². The van der Waals surface area contributed by atoms with E-state index in [-0.39, 0.29) is 10.6 Å². The first kappa shape index (κ1) is 18.0. The van der Waals surface area contributed by atoms with Gasteiger partial charge in [0.2, 0.25) is 0 Å². The van der Waals surface area contributed by atoms with E-state index < -0.39 is 0 Å². The number of nitrogens with zero attached hydrogens (tertiary/aromatic N) is 2. The second-order valence-electron chi connectivity index (χ2n) is 6.35. The number of nitrogens with one attached hydrogen (secondary N) is 2. The molecule has 0 saturated carbocycles. The number of hydrogen-bond acceptors (Lipinski definition) is 6. The van der Waals surface area contributed by atoms with Crippen molar-refractivity contribution in [1.82, 2.24) is 5.32 Å². The summed E-state index contributed by atoms with van der Waals surface area (Å²) in [5.41, 5.74) is 1.60. The highest BCUT2D eigenvalue weighted by molar-refractivity contribution is 5.69. The Kier molecular flexibility index (Phi) is 5.91. The summed E-state index contributed by atoms with van der Waals surface area (Å²) < 4.78 is 5.64. The monoisotopic (exact) mass is 356 g/mol. The van der Waals surface area contributed by atoms with Crippen molar-refractivity contribution < 1.29 is 9.66 Å². The molecule has 0 radical (unpaired) electrons. The Morgan fingerprint density at radius 2 is 2.12 bits per heavy atom. The van der Waals surface area contributed by atoms with Gasteiger partial charge in [-0.3, -0.25) is 10.1 Å². The highest BCUT2D eigenvalue weighted by atomic mass is 16.6. The number of piperazine rings is 1. The minimum atomic E-state index is -0.357. The summed E-state index contributed by atoms with van der Waals surface area (Å²) in [5, 5.41) is 17.9. The number of ether oxygens (including phenoxy) is 1. The topological polar surface area (TPSA) is 79.7 Å². The molecule has 138 valence electrons. The number of anilines is 2. The number of hydrogen-bond donors (Lipinski definition) is 2. The van der Waals surface area contributed by atoms with E-state index >= 15 is 0 Å². The van der Waals surface area contributed by atoms with Crippen LogP contribution < -0.4 is 20.3 Å². The van der Waals surface area contributed by atoms with Crippen LogP contribution in [0.3, 0.4) is 0 Å². The van der Waals surface area contributed by atoms with Crippen molar-refractivity contribution in [2.75, 3.05) is 43.0 Å². The summed E-state index contributed by atoms with van der Waals surface area (Å²) >= 11 is 0. The predicted octanol–water partition coefficient (Wildman–Crippen LogP) is 2.88. The van der Waals surface area contributed by atoms with Gasteiger partial charge >= 0.3 is 0 Å². The fourth-order valence-corrected chi connectivity index (χ4v) is 3.06. The lowest BCUT2D eigenvalue weighted by atomic mass is 10.1. The molecule has 26 heavy (non-hydrogen) atoms. The van der Waals surface area contributed by atoms with Crippen LogP contribution in [-0.4, -0.2) is 43.8 Å². The fraction of sp³-hybridized carbons (Fsp3) is 0.368. The minimum absolute atomic E-state index is 0.0802. The Hall–Kier alpha value is -2.80. The Balaban J connectivity index is 1.65. The molecule has 2 aromatic carbocycles. The maximum absolute atomic E-state index is 11.3. The Morgan fingerprint density at radius 3 is 2.85 bits per heavy atom. The average Bonchev–Trinajstić information content (AvgIpc) is 2.66. The molecule has 1 atom stereocenters. The van der Waals surface area contributed by atoms with Gasteiger partial charge in [-0.05, 0) is 31.2 Å². The molecule has 0 spiro atoms. The maximum atomic E-state index is 11.3. The zero-order valence-corrected chi connectivity index (χ0v) is 14.9. The molecule has 2 N–H and O–H groups in total. The van der Waals surface area contributed by atoms with E-state index in [4.69, 9.17) is 4.74 Å². The Morgan fingerprint density at radius 1 is 1.31 bits per heavy atom. The molecular weight excluding hydrogens is 332 g/mol. The lowest BCUT2D eigenvalue weighted by molar-refractivity contribution is -0.383. The van der Waals surface area contributed by atoms with Gasteiger partial charge in [0, 0.05) is 44.0 Å². The first-order chi connectivity index (χ1) is 12.6. The summed E-state index contributed by atoms with van der Waals surface area (Å²) in [5.74, 6) is 0.785. The molecule has 1 aliphatic heterocycles. The van der Waals surface area contributed by atoms with Crippen LogP contribution in [0.5, 0.6) is 5.75 Å². The van der Waals surface area contributed by atoms with E-state index in [1.165, 1.54) is 0 Å². The highest BCUT2D eigenvalue weighted by Crippen LogP contribution is 2.30. The molecule has 0 unspecified atom stereocenters. The summed E-state index contributed by atoms with van der Waals surface area (Å²) in [6, 6.07) is 15.2. The largest absolute Gasteiger partial charge is 0.492 e. The van der Waals surface area contributed by atoms with E-state index in [0.717, 1.165) is 31.1 Å². The molecule has 0 aliphatic carbocycles. The van der Waals surface area contributed by atoms with Crippen molar-refractivity contribution in [3.63, 3.8) is 0 Å². The average molecular weight is 356 g/mol. The Bertz CT molecular complexity index is 739. The van der Waals surface area contributed by atoms with Crippen molar-refractivity contribution >= 4 is 17.1 Å². The zero-order chi connectivity index (χ0) is 18.4. The van der Waals surface area contributed by atoms with Crippen molar-refractivity contribution in [2.45, 2.75) is 13.0 Å². The van der Waals surface area contributed by atoms with Crippen LogP contribution in [0, 0.1) is 10.1 Å². The molecule has 1 fully saturated rings. The second kappa shape index (κ2) is 8.53. The first-order valence-electron chi connectivity index (χ1n) is 8.82. The second-order valence-corrected chi connectivity index (χ2v) is 6.35. The fourth-order valence-electron chi connectivity index (χ4n) is 3.06. The maximum Gasteiger partial charge on any atom is 0.292 e. The highest BCUT2D eigenvalue weighted by Gasteiger charge is 2.20. The minimum Gasteiger partial charge on any atom is -0.492 e. The third-order valence-corrected chi connectivity index (χ3v) is 4.34. The lowest BCUT2D eigenvalue weighted by Gasteiger charge is -2.33. The summed E-state index contributed by atoms with van der Waals surface area (Å²) in [6.45, 7) is 5.73. The van der Waals surface area contributed by atoms with Crippen LogP contribution in [0.2, 0.25) is 0 Å².